The van der Waals surface area contributed by atoms with Gasteiger partial charge < -0.3 is 4.57 Å². The average Bonchev–Trinajstić information content (AvgIpc) is 3.09. The number of hydrogen-bond acceptors (Lipinski definition) is 4. The summed E-state index contributed by atoms with van der Waals surface area (Å²) < 4.78 is 31.0. The summed E-state index contributed by atoms with van der Waals surface area (Å²) in [5.41, 5.74) is 3.77. The molecule has 0 atom stereocenters. The van der Waals surface area contributed by atoms with Gasteiger partial charge >= 0.3 is 0 Å². The minimum Gasteiger partial charge on any atom is -0.317 e. The second-order valence-corrected chi connectivity index (χ2v) is 10.2. The maximum absolute atomic E-state index is 12.9. The van der Waals surface area contributed by atoms with Gasteiger partial charge in [-0.25, -0.2) is 8.42 Å². The maximum atomic E-state index is 12.9. The maximum Gasteiger partial charge on any atom is 0.279 e. The largest absolute Gasteiger partial charge is 0.317 e. The number of hydrogen-bond donors (Lipinski definition) is 1. The summed E-state index contributed by atoms with van der Waals surface area (Å²) >= 11 is 1.46. The first kappa shape index (κ1) is 22.0. The van der Waals surface area contributed by atoms with Gasteiger partial charge in [0, 0.05) is 17.8 Å². The van der Waals surface area contributed by atoms with Crippen LogP contribution in [0, 0.1) is 13.8 Å². The van der Waals surface area contributed by atoms with Crippen LogP contribution in [0.2, 0.25) is 0 Å². The van der Waals surface area contributed by atoms with Crippen molar-refractivity contribution >= 4 is 43.2 Å². The summed E-state index contributed by atoms with van der Waals surface area (Å²) in [6.45, 7) is 6.62. The Morgan fingerprint density at radius 3 is 2.44 bits per heavy atom. The average molecular weight is 466 g/mol. The minimum absolute atomic E-state index is 0.161. The topological polar surface area (TPSA) is 80.5 Å². The first-order valence-electron chi connectivity index (χ1n) is 10.2. The zero-order valence-electron chi connectivity index (χ0n) is 18.0. The van der Waals surface area contributed by atoms with Crippen LogP contribution in [0.15, 0.2) is 76.6 Å². The lowest BCUT2D eigenvalue weighted by molar-refractivity contribution is 0.0998. The highest BCUT2D eigenvalue weighted by molar-refractivity contribution is 7.92. The van der Waals surface area contributed by atoms with E-state index in [0.717, 1.165) is 21.3 Å². The molecule has 0 bridgehead atoms. The van der Waals surface area contributed by atoms with Gasteiger partial charge in [0.1, 0.15) is 0 Å². The predicted octanol–water partition coefficient (Wildman–Crippen LogP) is 4.88. The number of carbonyl (C=O) groups excluding carboxylic acids is 1. The fraction of sp³-hybridized carbons (Fsp3) is 0.167. The first-order chi connectivity index (χ1) is 15.3. The van der Waals surface area contributed by atoms with Gasteiger partial charge in [0.2, 0.25) is 0 Å². The van der Waals surface area contributed by atoms with E-state index in [1.807, 2.05) is 37.5 Å². The molecule has 0 aliphatic heterocycles. The molecule has 0 saturated heterocycles. The van der Waals surface area contributed by atoms with Crippen LogP contribution in [0.5, 0.6) is 0 Å². The van der Waals surface area contributed by atoms with Gasteiger partial charge in [0.15, 0.2) is 4.80 Å². The van der Waals surface area contributed by atoms with Gasteiger partial charge in [-0.3, -0.25) is 9.52 Å². The predicted molar refractivity (Wildman–Crippen MR) is 129 cm³/mol. The highest BCUT2D eigenvalue weighted by Crippen LogP contribution is 2.20. The number of fused-ring (bicyclic) bond motifs is 1. The van der Waals surface area contributed by atoms with Gasteiger partial charge in [-0.2, -0.15) is 4.99 Å². The molecule has 4 aromatic rings. The Morgan fingerprint density at radius 1 is 1.00 bits per heavy atom. The lowest BCUT2D eigenvalue weighted by atomic mass is 10.2. The minimum atomic E-state index is -3.76. The third kappa shape index (κ3) is 4.51. The number of benzene rings is 3. The molecule has 1 aromatic heterocycles. The van der Waals surface area contributed by atoms with Gasteiger partial charge in [-0.05, 0) is 68.8 Å². The van der Waals surface area contributed by atoms with E-state index in [4.69, 9.17) is 0 Å². The molecule has 6 nitrogen and oxygen atoms in total. The van der Waals surface area contributed by atoms with E-state index >= 15 is 0 Å². The van der Waals surface area contributed by atoms with Crippen molar-refractivity contribution in [2.24, 2.45) is 4.99 Å². The normalized spacial score (nSPS) is 12.3. The summed E-state index contributed by atoms with van der Waals surface area (Å²) in [5, 5.41) is 0. The van der Waals surface area contributed by atoms with Crippen LogP contribution in [0.4, 0.5) is 5.69 Å². The summed E-state index contributed by atoms with van der Waals surface area (Å²) in [5.74, 6) is -0.424. The van der Waals surface area contributed by atoms with Crippen molar-refractivity contribution in [2.75, 3.05) is 4.72 Å². The molecular weight excluding hydrogens is 442 g/mol. The number of aryl methyl sites for hydroxylation is 3. The number of aromatic nitrogens is 1. The molecule has 0 spiro atoms. The molecule has 0 saturated carbocycles. The van der Waals surface area contributed by atoms with E-state index < -0.39 is 15.9 Å². The molecule has 1 heterocycles. The van der Waals surface area contributed by atoms with Gasteiger partial charge in [0.05, 0.1) is 15.1 Å². The molecular formula is C24H23N3O3S2. The molecule has 164 valence electrons. The van der Waals surface area contributed by atoms with E-state index in [1.54, 1.807) is 42.5 Å². The monoisotopic (exact) mass is 465 g/mol. The summed E-state index contributed by atoms with van der Waals surface area (Å²) in [4.78, 5) is 18.0. The lowest BCUT2D eigenvalue weighted by Gasteiger charge is -2.09. The lowest BCUT2D eigenvalue weighted by Crippen LogP contribution is -2.16. The quantitative estimate of drug-likeness (QED) is 0.456. The fourth-order valence-electron chi connectivity index (χ4n) is 3.37. The molecule has 8 heteroatoms. The zero-order chi connectivity index (χ0) is 22.9. The first-order valence-corrected chi connectivity index (χ1v) is 12.5. The number of amides is 1. The molecule has 1 amide bonds. The van der Waals surface area contributed by atoms with E-state index in [9.17, 15) is 13.2 Å². The number of nitrogens with zero attached hydrogens (tertiary/aromatic N) is 2. The second kappa shape index (κ2) is 8.72. The molecule has 0 radical (unpaired) electrons. The highest BCUT2D eigenvalue weighted by Gasteiger charge is 2.15. The van der Waals surface area contributed by atoms with Crippen molar-refractivity contribution in [1.82, 2.24) is 4.57 Å². The summed E-state index contributed by atoms with van der Waals surface area (Å²) in [6, 6.07) is 19.1. The molecule has 3 aromatic carbocycles. The van der Waals surface area contributed by atoms with Crippen molar-refractivity contribution < 1.29 is 13.2 Å². The van der Waals surface area contributed by atoms with Gasteiger partial charge in [0.25, 0.3) is 15.9 Å². The molecule has 0 aliphatic rings. The number of sulfonamides is 1. The zero-order valence-corrected chi connectivity index (χ0v) is 19.6. The van der Waals surface area contributed by atoms with E-state index in [-0.39, 0.29) is 4.90 Å². The number of thiazole rings is 1. The number of rotatable bonds is 5. The summed E-state index contributed by atoms with van der Waals surface area (Å²) in [7, 11) is -3.76. The molecule has 4 rings (SSSR count). The van der Waals surface area contributed by atoms with Crippen molar-refractivity contribution in [3.05, 3.63) is 88.2 Å². The smallest absolute Gasteiger partial charge is 0.279 e. The Bertz CT molecular complexity index is 1480. The molecule has 1 N–H and O–H groups in total. The van der Waals surface area contributed by atoms with E-state index in [1.165, 1.54) is 17.4 Å². The molecule has 32 heavy (non-hydrogen) atoms. The van der Waals surface area contributed by atoms with Crippen LogP contribution in [-0.2, 0) is 16.6 Å². The van der Waals surface area contributed by atoms with Crippen LogP contribution in [0.1, 0.15) is 28.4 Å². The fourth-order valence-corrected chi connectivity index (χ4v) is 5.61. The number of carbonyl (C=O) groups is 1. The van der Waals surface area contributed by atoms with E-state index in [0.29, 0.717) is 22.6 Å². The Balaban J connectivity index is 1.66. The van der Waals surface area contributed by atoms with Gasteiger partial charge in [-0.1, -0.05) is 41.2 Å². The third-order valence-electron chi connectivity index (χ3n) is 5.04. The Morgan fingerprint density at radius 2 is 1.72 bits per heavy atom. The number of anilines is 1. The second-order valence-electron chi connectivity index (χ2n) is 7.52. The SMILES string of the molecule is CCn1c(=NC(=O)c2cccc(NS(=O)(=O)c3ccc(C)cc3)c2)sc2cc(C)ccc21. The molecule has 0 fully saturated rings. The Hall–Kier alpha value is -3.23. The Labute approximate surface area is 190 Å². The molecule has 0 unspecified atom stereocenters. The van der Waals surface area contributed by atoms with Crippen molar-refractivity contribution in [1.29, 1.82) is 0 Å². The standard InChI is InChI=1S/C24H23N3O3S2/c1-4-27-21-13-10-17(3)14-22(21)31-24(27)25-23(28)18-6-5-7-19(15-18)26-32(29,30)20-11-8-16(2)9-12-20/h5-15,26H,4H2,1-3H3. The van der Waals surface area contributed by atoms with Crippen LogP contribution in [0.25, 0.3) is 10.2 Å². The van der Waals surface area contributed by atoms with Crippen LogP contribution < -0.4 is 9.52 Å². The van der Waals surface area contributed by atoms with Crippen molar-refractivity contribution in [3.63, 3.8) is 0 Å². The van der Waals surface area contributed by atoms with Crippen molar-refractivity contribution in [3.8, 4) is 0 Å². The van der Waals surface area contributed by atoms with Crippen molar-refractivity contribution in [2.45, 2.75) is 32.2 Å². The molecule has 0 aliphatic carbocycles. The van der Waals surface area contributed by atoms with Crippen LogP contribution >= 0.6 is 11.3 Å². The van der Waals surface area contributed by atoms with Gasteiger partial charge in [-0.15, -0.1) is 0 Å². The van der Waals surface area contributed by atoms with E-state index in [2.05, 4.69) is 15.8 Å². The van der Waals surface area contributed by atoms with Crippen LogP contribution in [0.3, 0.4) is 0 Å². The third-order valence-corrected chi connectivity index (χ3v) is 7.48. The Kier molecular flexibility index (Phi) is 5.99. The summed E-state index contributed by atoms with van der Waals surface area (Å²) in [6.07, 6.45) is 0. The van der Waals surface area contributed by atoms with Crippen LogP contribution in [-0.4, -0.2) is 18.9 Å². The number of nitrogens with one attached hydrogen (secondary N) is 1. The highest BCUT2D eigenvalue weighted by atomic mass is 32.2.